The minimum absolute atomic E-state index is 1.13. The first-order valence-electron chi connectivity index (χ1n) is 16.4. The van der Waals surface area contributed by atoms with Crippen LogP contribution in [0.3, 0.4) is 0 Å². The Balaban J connectivity index is 1.34. The van der Waals surface area contributed by atoms with Crippen LogP contribution in [0.1, 0.15) is 0 Å². The molecule has 0 radical (unpaired) electrons. The molecule has 2 heteroatoms. The molecule has 10 aromatic rings. The third-order valence-electron chi connectivity index (χ3n) is 9.78. The van der Waals surface area contributed by atoms with Crippen molar-refractivity contribution in [2.75, 3.05) is 4.90 Å². The Morgan fingerprint density at radius 2 is 1.00 bits per heavy atom. The van der Waals surface area contributed by atoms with Crippen molar-refractivity contribution in [3.63, 3.8) is 0 Å². The van der Waals surface area contributed by atoms with Gasteiger partial charge in [0.05, 0.1) is 11.4 Å². The fourth-order valence-electron chi connectivity index (χ4n) is 7.57. The summed E-state index contributed by atoms with van der Waals surface area (Å²) in [4.78, 5) is 2.51. The quantitative estimate of drug-likeness (QED) is 0.176. The maximum Gasteiger partial charge on any atom is 0.0555 e. The normalized spacial score (nSPS) is 11.8. The van der Waals surface area contributed by atoms with Crippen molar-refractivity contribution in [1.29, 1.82) is 0 Å². The molecular formula is C46H29NS. The molecular weight excluding hydrogens is 599 g/mol. The van der Waals surface area contributed by atoms with Crippen molar-refractivity contribution in [2.24, 2.45) is 0 Å². The molecule has 9 aromatic carbocycles. The molecule has 0 spiro atoms. The molecule has 0 aliphatic heterocycles. The highest BCUT2D eigenvalue weighted by Crippen LogP contribution is 2.49. The summed E-state index contributed by atoms with van der Waals surface area (Å²) in [7, 11) is 0. The average molecular weight is 628 g/mol. The number of fused-ring (bicyclic) bond motifs is 9. The molecule has 48 heavy (non-hydrogen) atoms. The summed E-state index contributed by atoms with van der Waals surface area (Å²) in [5.41, 5.74) is 5.89. The Hall–Kier alpha value is -5.96. The summed E-state index contributed by atoms with van der Waals surface area (Å²) >= 11 is 1.88. The molecule has 0 unspecified atom stereocenters. The van der Waals surface area contributed by atoms with E-state index in [2.05, 4.69) is 181 Å². The molecule has 0 fully saturated rings. The van der Waals surface area contributed by atoms with E-state index in [0.717, 1.165) is 5.69 Å². The predicted octanol–water partition coefficient (Wildman–Crippen LogP) is 13.8. The highest BCUT2D eigenvalue weighted by atomic mass is 32.1. The molecule has 10 rings (SSSR count). The van der Waals surface area contributed by atoms with Crippen LogP contribution in [-0.2, 0) is 0 Å². The van der Waals surface area contributed by atoms with Crippen molar-refractivity contribution < 1.29 is 0 Å². The highest BCUT2D eigenvalue weighted by Gasteiger charge is 2.22. The third-order valence-corrected chi connectivity index (χ3v) is 10.9. The topological polar surface area (TPSA) is 3.24 Å². The van der Waals surface area contributed by atoms with Gasteiger partial charge in [-0.2, -0.15) is 0 Å². The molecule has 0 saturated carbocycles. The van der Waals surface area contributed by atoms with Gasteiger partial charge in [-0.05, 0) is 91.3 Å². The van der Waals surface area contributed by atoms with Gasteiger partial charge in [0.25, 0.3) is 0 Å². The Bertz CT molecular complexity index is 2850. The molecule has 0 amide bonds. The van der Waals surface area contributed by atoms with E-state index in [1.807, 2.05) is 11.3 Å². The summed E-state index contributed by atoms with van der Waals surface area (Å²) in [6, 6.07) is 64.6. The molecule has 224 valence electrons. The number of anilines is 3. The number of nitrogens with zero attached hydrogens (tertiary/aromatic N) is 1. The van der Waals surface area contributed by atoms with Gasteiger partial charge in [-0.1, -0.05) is 133 Å². The first kappa shape index (κ1) is 27.2. The highest BCUT2D eigenvalue weighted by molar-refractivity contribution is 7.26. The SMILES string of the molecule is c1ccc(-c2cccc(N(c3cc4c5ccccc5ccc4c4ccccc34)c3cccc4sc5cc6ccccc6cc5c34)c2)cc1. The van der Waals surface area contributed by atoms with E-state index in [1.165, 1.54) is 85.8 Å². The molecule has 0 saturated heterocycles. The van der Waals surface area contributed by atoms with E-state index in [-0.39, 0.29) is 0 Å². The van der Waals surface area contributed by atoms with E-state index < -0.39 is 0 Å². The Morgan fingerprint density at radius 1 is 0.333 bits per heavy atom. The fraction of sp³-hybridized carbons (Fsp3) is 0. The molecule has 1 aromatic heterocycles. The minimum atomic E-state index is 1.13. The number of benzene rings is 9. The van der Waals surface area contributed by atoms with Gasteiger partial charge in [0, 0.05) is 31.2 Å². The fourth-order valence-corrected chi connectivity index (χ4v) is 8.73. The van der Waals surface area contributed by atoms with E-state index in [4.69, 9.17) is 0 Å². The zero-order valence-electron chi connectivity index (χ0n) is 26.1. The zero-order valence-corrected chi connectivity index (χ0v) is 26.9. The second-order valence-electron chi connectivity index (χ2n) is 12.5. The largest absolute Gasteiger partial charge is 0.309 e. The van der Waals surface area contributed by atoms with E-state index in [0.29, 0.717) is 0 Å². The summed E-state index contributed by atoms with van der Waals surface area (Å²) in [6.45, 7) is 0. The second kappa shape index (κ2) is 10.8. The summed E-state index contributed by atoms with van der Waals surface area (Å²) in [6.07, 6.45) is 0. The predicted molar refractivity (Wildman–Crippen MR) is 209 cm³/mol. The van der Waals surface area contributed by atoms with Gasteiger partial charge in [0.2, 0.25) is 0 Å². The lowest BCUT2D eigenvalue weighted by atomic mass is 9.94. The lowest BCUT2D eigenvalue weighted by Gasteiger charge is -2.29. The number of hydrogen-bond donors (Lipinski definition) is 0. The second-order valence-corrected chi connectivity index (χ2v) is 13.6. The summed E-state index contributed by atoms with van der Waals surface area (Å²) < 4.78 is 2.60. The number of thiophene rings is 1. The van der Waals surface area contributed by atoms with Crippen molar-refractivity contribution in [3.8, 4) is 11.1 Å². The smallest absolute Gasteiger partial charge is 0.0555 e. The van der Waals surface area contributed by atoms with Gasteiger partial charge >= 0.3 is 0 Å². The molecule has 1 heterocycles. The van der Waals surface area contributed by atoms with Crippen molar-refractivity contribution in [3.05, 3.63) is 176 Å². The van der Waals surface area contributed by atoms with Crippen LogP contribution in [0.5, 0.6) is 0 Å². The average Bonchev–Trinajstić information content (AvgIpc) is 3.52. The summed E-state index contributed by atoms with van der Waals surface area (Å²) in [5.74, 6) is 0. The van der Waals surface area contributed by atoms with E-state index >= 15 is 0 Å². The lowest BCUT2D eigenvalue weighted by Crippen LogP contribution is -2.11. The molecule has 0 N–H and O–H groups in total. The third kappa shape index (κ3) is 4.24. The van der Waals surface area contributed by atoms with Crippen LogP contribution in [0, 0.1) is 0 Å². The van der Waals surface area contributed by atoms with Crippen LogP contribution < -0.4 is 4.90 Å². The first-order chi connectivity index (χ1) is 23.8. The van der Waals surface area contributed by atoms with Crippen LogP contribution in [0.25, 0.3) is 74.4 Å². The first-order valence-corrected chi connectivity index (χ1v) is 17.2. The van der Waals surface area contributed by atoms with Crippen LogP contribution in [0.15, 0.2) is 176 Å². The van der Waals surface area contributed by atoms with Gasteiger partial charge in [-0.3, -0.25) is 0 Å². The van der Waals surface area contributed by atoms with Crippen LogP contribution in [0.4, 0.5) is 17.1 Å². The Labute approximate surface area is 282 Å². The van der Waals surface area contributed by atoms with Crippen molar-refractivity contribution >= 4 is 91.7 Å². The number of hydrogen-bond acceptors (Lipinski definition) is 2. The minimum Gasteiger partial charge on any atom is -0.309 e. The maximum atomic E-state index is 2.51. The Kier molecular flexibility index (Phi) is 6.12. The zero-order chi connectivity index (χ0) is 31.6. The molecule has 0 bridgehead atoms. The molecule has 0 aliphatic carbocycles. The lowest BCUT2D eigenvalue weighted by molar-refractivity contribution is 1.32. The number of rotatable bonds is 4. The maximum absolute atomic E-state index is 2.51. The van der Waals surface area contributed by atoms with E-state index in [1.54, 1.807) is 0 Å². The molecule has 1 nitrogen and oxygen atoms in total. The van der Waals surface area contributed by atoms with Gasteiger partial charge < -0.3 is 4.90 Å². The van der Waals surface area contributed by atoms with Gasteiger partial charge in [-0.15, -0.1) is 11.3 Å². The van der Waals surface area contributed by atoms with Crippen molar-refractivity contribution in [1.82, 2.24) is 0 Å². The standard InChI is InChI=1S/C46H29NS/c1-2-12-30(13-3-1)32-17-10-18-35(26-32)47(42-22-11-23-44-46(42)41-27-33-15-4-5-16-34(33)28-45(41)48-44)43-29-40-36-19-7-6-14-31(36)24-25-38(40)37-20-8-9-21-39(37)43/h1-29H. The van der Waals surface area contributed by atoms with Gasteiger partial charge in [-0.25, -0.2) is 0 Å². The van der Waals surface area contributed by atoms with Crippen LogP contribution in [0.2, 0.25) is 0 Å². The van der Waals surface area contributed by atoms with Crippen LogP contribution >= 0.6 is 11.3 Å². The monoisotopic (exact) mass is 627 g/mol. The summed E-state index contributed by atoms with van der Waals surface area (Å²) in [5, 5.41) is 12.7. The van der Waals surface area contributed by atoms with Crippen molar-refractivity contribution in [2.45, 2.75) is 0 Å². The van der Waals surface area contributed by atoms with E-state index in [9.17, 15) is 0 Å². The molecule has 0 atom stereocenters. The van der Waals surface area contributed by atoms with Gasteiger partial charge in [0.15, 0.2) is 0 Å². The van der Waals surface area contributed by atoms with Gasteiger partial charge in [0.1, 0.15) is 0 Å². The van der Waals surface area contributed by atoms with Crippen LogP contribution in [-0.4, -0.2) is 0 Å². The Morgan fingerprint density at radius 3 is 1.85 bits per heavy atom. The molecule has 0 aliphatic rings.